The lowest BCUT2D eigenvalue weighted by Crippen LogP contribution is -2.47. The first-order chi connectivity index (χ1) is 15.4. The van der Waals surface area contributed by atoms with Gasteiger partial charge in [-0.1, -0.05) is 23.7 Å². The predicted molar refractivity (Wildman–Crippen MR) is 128 cm³/mol. The van der Waals surface area contributed by atoms with Gasteiger partial charge in [-0.2, -0.15) is 0 Å². The molecule has 0 unspecified atom stereocenters. The molecule has 170 valence electrons. The average molecular weight is 456 g/mol. The highest BCUT2D eigenvalue weighted by Gasteiger charge is 2.23. The van der Waals surface area contributed by atoms with E-state index in [1.165, 1.54) is 0 Å². The summed E-state index contributed by atoms with van der Waals surface area (Å²) in [7, 11) is 1.65. The number of ether oxygens (including phenoxy) is 2. The molecule has 1 N–H and O–H groups in total. The van der Waals surface area contributed by atoms with Gasteiger partial charge in [0.15, 0.2) is 0 Å². The van der Waals surface area contributed by atoms with Crippen LogP contribution in [-0.2, 0) is 6.54 Å². The molecule has 1 aliphatic heterocycles. The van der Waals surface area contributed by atoms with E-state index in [0.717, 1.165) is 48.1 Å². The molecule has 2 heterocycles. The largest absolute Gasteiger partial charge is 0.497 e. The summed E-state index contributed by atoms with van der Waals surface area (Å²) in [6.07, 6.45) is 1.43. The number of rotatable bonds is 6. The number of benzene rings is 2. The molecule has 0 atom stereocenters. The van der Waals surface area contributed by atoms with Crippen molar-refractivity contribution in [3.63, 3.8) is 0 Å². The minimum atomic E-state index is -0.422. The van der Waals surface area contributed by atoms with E-state index in [1.807, 2.05) is 53.1 Å². The van der Waals surface area contributed by atoms with E-state index in [1.54, 1.807) is 7.11 Å². The normalized spacial score (nSPS) is 15.3. The van der Waals surface area contributed by atoms with E-state index in [9.17, 15) is 4.79 Å². The summed E-state index contributed by atoms with van der Waals surface area (Å²) < 4.78 is 13.1. The molecule has 1 fully saturated rings. The maximum Gasteiger partial charge on any atom is 0.414 e. The number of nitrogens with zero attached hydrogens (tertiary/aromatic N) is 2. The van der Waals surface area contributed by atoms with Crippen LogP contribution < -0.4 is 14.8 Å². The van der Waals surface area contributed by atoms with Gasteiger partial charge in [0.25, 0.3) is 0 Å². The van der Waals surface area contributed by atoms with Gasteiger partial charge >= 0.3 is 6.09 Å². The van der Waals surface area contributed by atoms with Crippen molar-refractivity contribution in [1.29, 1.82) is 0 Å². The molecule has 0 radical (unpaired) electrons. The van der Waals surface area contributed by atoms with Gasteiger partial charge in [-0.25, -0.2) is 4.79 Å². The Labute approximate surface area is 194 Å². The van der Waals surface area contributed by atoms with Gasteiger partial charge in [-0.15, -0.1) is 0 Å². The summed E-state index contributed by atoms with van der Waals surface area (Å²) in [6, 6.07) is 16.1. The molecule has 1 amide bonds. The highest BCUT2D eigenvalue weighted by atomic mass is 35.5. The number of hydrogen-bond donors (Lipinski definition) is 1. The van der Waals surface area contributed by atoms with Crippen LogP contribution in [0.25, 0.3) is 10.9 Å². The van der Waals surface area contributed by atoms with Crippen molar-refractivity contribution >= 4 is 28.6 Å². The Morgan fingerprint density at radius 1 is 1.16 bits per heavy atom. The number of likely N-dealkylation sites (tertiary alicyclic amines) is 1. The van der Waals surface area contributed by atoms with Gasteiger partial charge in [-0.05, 0) is 62.6 Å². The lowest BCUT2D eigenvalue weighted by molar-refractivity contribution is 0.151. The maximum absolute atomic E-state index is 12.7. The summed E-state index contributed by atoms with van der Waals surface area (Å²) in [4.78, 5) is 15.2. The Kier molecular flexibility index (Phi) is 6.92. The highest BCUT2D eigenvalue weighted by molar-refractivity contribution is 6.31. The molecule has 4 rings (SSSR count). The number of fused-ring (bicyclic) bond motifs is 1. The summed E-state index contributed by atoms with van der Waals surface area (Å²) in [6.45, 7) is 6.91. The number of piperidine rings is 1. The quantitative estimate of drug-likeness (QED) is 0.547. The van der Waals surface area contributed by atoms with Crippen molar-refractivity contribution in [3.8, 4) is 11.6 Å². The van der Waals surface area contributed by atoms with Crippen LogP contribution in [0.5, 0.6) is 11.6 Å². The first-order valence-corrected chi connectivity index (χ1v) is 11.4. The van der Waals surface area contributed by atoms with Crippen LogP contribution in [-0.4, -0.2) is 47.8 Å². The average Bonchev–Trinajstić information content (AvgIpc) is 3.09. The second-order valence-corrected chi connectivity index (χ2v) is 9.00. The van der Waals surface area contributed by atoms with E-state index in [-0.39, 0.29) is 6.04 Å². The van der Waals surface area contributed by atoms with Gasteiger partial charge in [0.2, 0.25) is 5.88 Å². The minimum Gasteiger partial charge on any atom is -0.497 e. The maximum atomic E-state index is 12.7. The van der Waals surface area contributed by atoms with Crippen molar-refractivity contribution in [1.82, 2.24) is 14.8 Å². The zero-order chi connectivity index (χ0) is 22.7. The molecule has 0 aliphatic carbocycles. The first kappa shape index (κ1) is 22.5. The fourth-order valence-corrected chi connectivity index (χ4v) is 4.45. The molecular weight excluding hydrogens is 426 g/mol. The van der Waals surface area contributed by atoms with Gasteiger partial charge in [-0.3, -0.25) is 0 Å². The van der Waals surface area contributed by atoms with Gasteiger partial charge in [0, 0.05) is 41.6 Å². The van der Waals surface area contributed by atoms with Crippen molar-refractivity contribution < 1.29 is 14.3 Å². The van der Waals surface area contributed by atoms with Gasteiger partial charge in [0.1, 0.15) is 5.75 Å². The van der Waals surface area contributed by atoms with E-state index in [0.29, 0.717) is 23.5 Å². The van der Waals surface area contributed by atoms with Crippen LogP contribution in [0.3, 0.4) is 0 Å². The molecule has 7 heteroatoms. The minimum absolute atomic E-state index is 0.128. The molecule has 0 saturated carbocycles. The second-order valence-electron chi connectivity index (χ2n) is 8.56. The fourth-order valence-electron chi connectivity index (χ4n) is 4.27. The smallest absolute Gasteiger partial charge is 0.414 e. The zero-order valence-electron chi connectivity index (χ0n) is 18.8. The van der Waals surface area contributed by atoms with Gasteiger partial charge < -0.3 is 24.3 Å². The van der Waals surface area contributed by atoms with Crippen LogP contribution in [0.1, 0.15) is 32.3 Å². The van der Waals surface area contributed by atoms with Crippen molar-refractivity contribution in [2.45, 2.75) is 45.3 Å². The molecule has 32 heavy (non-hydrogen) atoms. The van der Waals surface area contributed by atoms with E-state index >= 15 is 0 Å². The Balaban J connectivity index is 1.52. The van der Waals surface area contributed by atoms with E-state index < -0.39 is 6.09 Å². The Bertz CT molecular complexity index is 1090. The van der Waals surface area contributed by atoms with E-state index in [4.69, 9.17) is 21.1 Å². The Hall–Kier alpha value is -2.70. The van der Waals surface area contributed by atoms with Crippen molar-refractivity contribution in [3.05, 3.63) is 59.1 Å². The standard InChI is InChI=1S/C25H30ClN3O3/c1-17(2)28-11-9-21(10-12-28)27-25(30)32-24-15-19-14-20(26)7-8-23(19)29(24)16-18-5-4-6-22(13-18)31-3/h4-8,13-15,17,21H,9-12,16H2,1-3H3,(H,27,30). The van der Waals surface area contributed by atoms with Crippen molar-refractivity contribution in [2.24, 2.45) is 0 Å². The zero-order valence-corrected chi connectivity index (χ0v) is 19.6. The molecule has 1 saturated heterocycles. The number of halogens is 1. The lowest BCUT2D eigenvalue weighted by atomic mass is 10.0. The molecule has 0 spiro atoms. The predicted octanol–water partition coefficient (Wildman–Crippen LogP) is 5.31. The van der Waals surface area contributed by atoms with E-state index in [2.05, 4.69) is 24.1 Å². The number of nitrogens with one attached hydrogen (secondary N) is 1. The van der Waals surface area contributed by atoms with Crippen LogP contribution in [0, 0.1) is 0 Å². The van der Waals surface area contributed by atoms with Crippen LogP contribution in [0.4, 0.5) is 4.79 Å². The molecule has 6 nitrogen and oxygen atoms in total. The molecule has 0 bridgehead atoms. The Morgan fingerprint density at radius 3 is 2.66 bits per heavy atom. The molecule has 1 aromatic heterocycles. The third-order valence-corrected chi connectivity index (χ3v) is 6.31. The molecule has 3 aromatic rings. The number of methoxy groups -OCH3 is 1. The summed E-state index contributed by atoms with van der Waals surface area (Å²) in [5, 5.41) is 4.61. The first-order valence-electron chi connectivity index (χ1n) is 11.1. The lowest BCUT2D eigenvalue weighted by Gasteiger charge is -2.34. The van der Waals surface area contributed by atoms with Crippen LogP contribution in [0.15, 0.2) is 48.5 Å². The number of amides is 1. The highest BCUT2D eigenvalue weighted by Crippen LogP contribution is 2.30. The van der Waals surface area contributed by atoms with Crippen molar-refractivity contribution in [2.75, 3.05) is 20.2 Å². The fraction of sp³-hybridized carbons (Fsp3) is 0.400. The monoisotopic (exact) mass is 455 g/mol. The second kappa shape index (κ2) is 9.84. The topological polar surface area (TPSA) is 55.7 Å². The molecule has 1 aliphatic rings. The summed E-state index contributed by atoms with van der Waals surface area (Å²) in [5.41, 5.74) is 1.99. The van der Waals surface area contributed by atoms with Gasteiger partial charge in [0.05, 0.1) is 19.2 Å². The number of aromatic nitrogens is 1. The molecule has 2 aromatic carbocycles. The Morgan fingerprint density at radius 2 is 1.94 bits per heavy atom. The number of hydrogen-bond acceptors (Lipinski definition) is 4. The third kappa shape index (κ3) is 5.19. The third-order valence-electron chi connectivity index (χ3n) is 6.08. The molecular formula is C25H30ClN3O3. The summed E-state index contributed by atoms with van der Waals surface area (Å²) in [5.74, 6) is 1.28. The van der Waals surface area contributed by atoms with Crippen LogP contribution >= 0.6 is 11.6 Å². The SMILES string of the molecule is COc1cccc(Cn2c(OC(=O)NC3CCN(C(C)C)CC3)cc3cc(Cl)ccc32)c1. The summed E-state index contributed by atoms with van der Waals surface area (Å²) >= 11 is 6.20. The number of carbonyl (C=O) groups excluding carboxylic acids is 1. The van der Waals surface area contributed by atoms with Crippen LogP contribution in [0.2, 0.25) is 5.02 Å². The number of carbonyl (C=O) groups is 1.